The maximum atomic E-state index is 13.8. The van der Waals surface area contributed by atoms with Gasteiger partial charge in [0.1, 0.15) is 5.60 Å². The molecule has 0 unspecified atom stereocenters. The van der Waals surface area contributed by atoms with E-state index < -0.39 is 59.5 Å². The molecule has 15 nitrogen and oxygen atoms in total. The van der Waals surface area contributed by atoms with Gasteiger partial charge in [-0.05, 0) is 86.0 Å². The van der Waals surface area contributed by atoms with Gasteiger partial charge in [0.25, 0.3) is 0 Å². The van der Waals surface area contributed by atoms with Crippen molar-refractivity contribution in [2.45, 2.75) is 192 Å². The molecule has 56 heavy (non-hydrogen) atoms. The van der Waals surface area contributed by atoms with Crippen LogP contribution in [0.3, 0.4) is 0 Å². The summed E-state index contributed by atoms with van der Waals surface area (Å²) in [7, 11) is 0. The zero-order valence-corrected chi connectivity index (χ0v) is 34.2. The highest BCUT2D eigenvalue weighted by Crippen LogP contribution is 2.30. The van der Waals surface area contributed by atoms with Gasteiger partial charge in [-0.1, -0.05) is 51.4 Å². The Kier molecular flexibility index (Phi) is 16.8. The molecule has 0 radical (unpaired) electrons. The molecule has 0 aromatic carbocycles. The van der Waals surface area contributed by atoms with E-state index in [-0.39, 0.29) is 60.5 Å². The van der Waals surface area contributed by atoms with Crippen LogP contribution in [0.15, 0.2) is 0 Å². The van der Waals surface area contributed by atoms with E-state index in [1.54, 1.807) is 34.6 Å². The summed E-state index contributed by atoms with van der Waals surface area (Å²) in [6.07, 6.45) is 11.3. The number of carboxylic acid groups (broad SMARTS) is 1. The zero-order valence-electron chi connectivity index (χ0n) is 34.2. The number of aliphatic carboxylic acids is 1. The van der Waals surface area contributed by atoms with E-state index in [0.29, 0.717) is 51.4 Å². The number of amides is 6. The van der Waals surface area contributed by atoms with Crippen LogP contribution >= 0.6 is 0 Å². The smallest absolute Gasteiger partial charge is 0.407 e. The van der Waals surface area contributed by atoms with Gasteiger partial charge < -0.3 is 41.7 Å². The van der Waals surface area contributed by atoms with E-state index >= 15 is 0 Å². The maximum Gasteiger partial charge on any atom is 0.407 e. The topological polar surface area (TPSA) is 221 Å². The molecule has 0 saturated heterocycles. The first kappa shape index (κ1) is 44.8. The Hall–Kier alpha value is -3.91. The van der Waals surface area contributed by atoms with Gasteiger partial charge in [0.15, 0.2) is 0 Å². The highest BCUT2D eigenvalue weighted by atomic mass is 16.6. The fourth-order valence-electron chi connectivity index (χ4n) is 9.09. The molecule has 4 saturated carbocycles. The number of carbonyl (C=O) groups excluding carboxylic acids is 6. The lowest BCUT2D eigenvalue weighted by atomic mass is 9.81. The molecule has 6 amide bonds. The van der Waals surface area contributed by atoms with Gasteiger partial charge >= 0.3 is 12.1 Å². The molecule has 0 aromatic heterocycles. The molecule has 0 bridgehead atoms. The number of hydrogen-bond donors (Lipinski definition) is 7. The van der Waals surface area contributed by atoms with E-state index in [9.17, 15) is 38.7 Å². The lowest BCUT2D eigenvalue weighted by Gasteiger charge is -2.36. The summed E-state index contributed by atoms with van der Waals surface area (Å²) >= 11 is 0. The molecular formula is C41H68N6O9. The monoisotopic (exact) mass is 789 g/mol. The molecule has 15 heteroatoms. The number of nitrogens with one attached hydrogen (secondary N) is 6. The van der Waals surface area contributed by atoms with Crippen LogP contribution in [-0.2, 0) is 33.5 Å². The summed E-state index contributed by atoms with van der Waals surface area (Å²) in [6, 6.07) is -2.46. The Morgan fingerprint density at radius 2 is 0.857 bits per heavy atom. The number of alkyl carbamates (subject to hydrolysis) is 1. The standard InChI is InChI=1S/C41H68N6O9/c1-24(43-37(51)28-16-8-12-20-32(28)47-40(55)56-41(3,4)5)22-34(48)44-30-18-10-6-14-26(30)38(52)46-31-19-11-7-15-27(31)36(50)42-25(2)23-35(49)45-33-21-13-9-17-29(33)39(53)54/h24-33H,6-23H2,1-5H3,(H,42,50)(H,43,51)(H,44,48)(H,45,49)(H,46,52)(H,47,55)(H,53,54)/t24-,25-,26-,27-,28-,29-,30-,31-,32-,33-/m0/s1. The van der Waals surface area contributed by atoms with Crippen molar-refractivity contribution in [1.29, 1.82) is 0 Å². The quantitative estimate of drug-likeness (QED) is 0.135. The van der Waals surface area contributed by atoms with E-state index in [1.165, 1.54) is 0 Å². The first-order valence-electron chi connectivity index (χ1n) is 21.2. The molecule has 0 spiro atoms. The minimum atomic E-state index is -0.903. The molecule has 7 N–H and O–H groups in total. The van der Waals surface area contributed by atoms with Gasteiger partial charge in [0.05, 0.1) is 23.7 Å². The summed E-state index contributed by atoms with van der Waals surface area (Å²) in [5, 5.41) is 27.5. The van der Waals surface area contributed by atoms with Gasteiger partial charge in [-0.2, -0.15) is 0 Å². The molecule has 4 rings (SSSR count). The zero-order chi connectivity index (χ0) is 41.0. The summed E-state index contributed by atoms with van der Waals surface area (Å²) < 4.78 is 5.40. The van der Waals surface area contributed by atoms with E-state index in [1.807, 2.05) is 0 Å². The van der Waals surface area contributed by atoms with Crippen LogP contribution in [0.4, 0.5) is 4.79 Å². The van der Waals surface area contributed by atoms with Crippen LogP contribution in [0.2, 0.25) is 0 Å². The Morgan fingerprint density at radius 1 is 0.518 bits per heavy atom. The van der Waals surface area contributed by atoms with Crippen LogP contribution in [0.1, 0.15) is 150 Å². The third-order valence-electron chi connectivity index (χ3n) is 11.9. The minimum absolute atomic E-state index is 0.0243. The molecule has 4 fully saturated rings. The minimum Gasteiger partial charge on any atom is -0.481 e. The van der Waals surface area contributed by atoms with Crippen molar-refractivity contribution in [1.82, 2.24) is 31.9 Å². The van der Waals surface area contributed by atoms with Gasteiger partial charge in [-0.25, -0.2) is 4.79 Å². The van der Waals surface area contributed by atoms with Gasteiger partial charge in [0.2, 0.25) is 29.5 Å². The molecule has 0 aromatic rings. The highest BCUT2D eigenvalue weighted by molar-refractivity contribution is 5.86. The van der Waals surface area contributed by atoms with E-state index in [0.717, 1.165) is 51.4 Å². The molecule has 0 heterocycles. The first-order chi connectivity index (χ1) is 26.5. The van der Waals surface area contributed by atoms with E-state index in [2.05, 4.69) is 31.9 Å². The van der Waals surface area contributed by atoms with Gasteiger partial charge in [-0.3, -0.25) is 28.8 Å². The van der Waals surface area contributed by atoms with Crippen molar-refractivity contribution >= 4 is 41.6 Å². The third-order valence-corrected chi connectivity index (χ3v) is 11.9. The summed E-state index contributed by atoms with van der Waals surface area (Å²) in [4.78, 5) is 90.8. The van der Waals surface area contributed by atoms with Gasteiger partial charge in [-0.15, -0.1) is 0 Å². The molecule has 0 aliphatic heterocycles. The highest BCUT2D eigenvalue weighted by Gasteiger charge is 2.39. The fraction of sp³-hybridized carbons (Fsp3) is 0.829. The number of carbonyl (C=O) groups is 7. The van der Waals surface area contributed by atoms with Crippen LogP contribution in [0.5, 0.6) is 0 Å². The maximum absolute atomic E-state index is 13.8. The number of rotatable bonds is 14. The summed E-state index contributed by atoms with van der Waals surface area (Å²) in [6.45, 7) is 8.88. The molecular weight excluding hydrogens is 720 g/mol. The fourth-order valence-corrected chi connectivity index (χ4v) is 9.09. The summed E-state index contributed by atoms with van der Waals surface area (Å²) in [5.41, 5.74) is -0.654. The average Bonchev–Trinajstić information content (AvgIpc) is 3.11. The Morgan fingerprint density at radius 3 is 1.27 bits per heavy atom. The second-order valence-electron chi connectivity index (χ2n) is 17.8. The predicted molar refractivity (Wildman–Crippen MR) is 209 cm³/mol. The van der Waals surface area contributed by atoms with E-state index in [4.69, 9.17) is 4.74 Å². The van der Waals surface area contributed by atoms with Crippen molar-refractivity contribution < 1.29 is 43.4 Å². The lowest BCUT2D eigenvalue weighted by molar-refractivity contribution is -0.144. The van der Waals surface area contributed by atoms with Crippen molar-refractivity contribution in [3.8, 4) is 0 Å². The van der Waals surface area contributed by atoms with Crippen LogP contribution in [0.25, 0.3) is 0 Å². The Labute approximate surface area is 332 Å². The SMILES string of the molecule is C[C@@H](CC(=O)N[C@H]1CCCC[C@@H]1C(=O)N[C@H]1CCCC[C@@H]1C(=O)N[C@@H](C)CC(=O)N[C@H]1CCCC[C@@H]1C(=O)O)NC(=O)[C@H]1CCCC[C@@H]1NC(=O)OC(C)(C)C. The number of hydrogen-bond acceptors (Lipinski definition) is 8. The normalized spacial score (nSPS) is 29.3. The third kappa shape index (κ3) is 13.9. The summed E-state index contributed by atoms with van der Waals surface area (Å²) in [5.74, 6) is -4.02. The van der Waals surface area contributed by atoms with Crippen LogP contribution in [0, 0.1) is 23.7 Å². The van der Waals surface area contributed by atoms with Crippen LogP contribution < -0.4 is 31.9 Å². The van der Waals surface area contributed by atoms with Gasteiger partial charge in [0, 0.05) is 49.1 Å². The number of carboxylic acids is 1. The average molecular weight is 789 g/mol. The Balaban J connectivity index is 1.25. The van der Waals surface area contributed by atoms with Crippen molar-refractivity contribution in [2.24, 2.45) is 23.7 Å². The van der Waals surface area contributed by atoms with Crippen molar-refractivity contribution in [2.75, 3.05) is 0 Å². The van der Waals surface area contributed by atoms with Crippen molar-refractivity contribution in [3.63, 3.8) is 0 Å². The Bertz CT molecular complexity index is 1400. The predicted octanol–water partition coefficient (Wildman–Crippen LogP) is 3.97. The number of ether oxygens (including phenoxy) is 1. The van der Waals surface area contributed by atoms with Crippen molar-refractivity contribution in [3.05, 3.63) is 0 Å². The largest absolute Gasteiger partial charge is 0.481 e. The second-order valence-corrected chi connectivity index (χ2v) is 17.8. The molecule has 10 atom stereocenters. The lowest BCUT2D eigenvalue weighted by Crippen LogP contribution is -2.55. The first-order valence-corrected chi connectivity index (χ1v) is 21.2. The molecule has 316 valence electrons. The van der Waals surface area contributed by atoms with Crippen LogP contribution in [-0.4, -0.2) is 88.6 Å². The molecule has 4 aliphatic rings. The molecule has 4 aliphatic carbocycles. The second kappa shape index (κ2) is 21.0.